The van der Waals surface area contributed by atoms with E-state index in [1.54, 1.807) is 0 Å². The zero-order chi connectivity index (χ0) is 11.3. The molecular formula is C12H24N2O. The first-order chi connectivity index (χ1) is 7.08. The highest BCUT2D eigenvalue weighted by Gasteiger charge is 2.35. The molecule has 3 heteroatoms. The van der Waals surface area contributed by atoms with Crippen LogP contribution < -0.4 is 11.1 Å². The van der Waals surface area contributed by atoms with Crippen molar-refractivity contribution in [1.82, 2.24) is 5.32 Å². The van der Waals surface area contributed by atoms with E-state index in [9.17, 15) is 4.79 Å². The summed E-state index contributed by atoms with van der Waals surface area (Å²) in [6.07, 6.45) is 7.10. The first-order valence-electron chi connectivity index (χ1n) is 6.14. The number of nitrogens with one attached hydrogen (secondary N) is 1. The van der Waals surface area contributed by atoms with Crippen molar-refractivity contribution in [2.75, 3.05) is 0 Å². The van der Waals surface area contributed by atoms with Gasteiger partial charge in [0.05, 0.1) is 0 Å². The van der Waals surface area contributed by atoms with Crippen molar-refractivity contribution in [2.45, 2.75) is 70.4 Å². The monoisotopic (exact) mass is 212 g/mol. The maximum Gasteiger partial charge on any atom is 0.220 e. The molecule has 0 aromatic carbocycles. The molecule has 1 aliphatic carbocycles. The normalized spacial score (nSPS) is 20.5. The number of carbonyl (C=O) groups excluding carboxylic acids is 1. The number of rotatable bonds is 6. The minimum absolute atomic E-state index is 0.144. The van der Waals surface area contributed by atoms with Crippen LogP contribution in [0.1, 0.15) is 58.8 Å². The van der Waals surface area contributed by atoms with Gasteiger partial charge in [-0.05, 0) is 45.4 Å². The lowest BCUT2D eigenvalue weighted by Crippen LogP contribution is -2.52. The van der Waals surface area contributed by atoms with E-state index >= 15 is 0 Å². The summed E-state index contributed by atoms with van der Waals surface area (Å²) >= 11 is 0. The average Bonchev–Trinajstić information content (AvgIpc) is 2.11. The summed E-state index contributed by atoms with van der Waals surface area (Å²) in [6, 6.07) is 0.210. The van der Waals surface area contributed by atoms with Crippen LogP contribution in [0.5, 0.6) is 0 Å². The van der Waals surface area contributed by atoms with Gasteiger partial charge in [-0.15, -0.1) is 0 Å². The van der Waals surface area contributed by atoms with E-state index in [1.165, 1.54) is 6.42 Å². The number of hydrogen-bond acceptors (Lipinski definition) is 2. The molecule has 0 saturated heterocycles. The highest BCUT2D eigenvalue weighted by molar-refractivity contribution is 5.76. The van der Waals surface area contributed by atoms with Crippen LogP contribution in [-0.2, 0) is 4.79 Å². The number of carbonyl (C=O) groups is 1. The summed E-state index contributed by atoms with van der Waals surface area (Å²) in [6.45, 7) is 4.14. The van der Waals surface area contributed by atoms with E-state index in [0.717, 1.165) is 32.1 Å². The third-order valence-electron chi connectivity index (χ3n) is 3.46. The second-order valence-corrected chi connectivity index (χ2v) is 4.91. The molecule has 1 amide bonds. The van der Waals surface area contributed by atoms with Crippen LogP contribution >= 0.6 is 0 Å². The van der Waals surface area contributed by atoms with Crippen molar-refractivity contribution >= 4 is 5.91 Å². The summed E-state index contributed by atoms with van der Waals surface area (Å²) in [5.74, 6) is 0.206. The summed E-state index contributed by atoms with van der Waals surface area (Å²) < 4.78 is 0. The molecule has 0 radical (unpaired) electrons. The Morgan fingerprint density at radius 2 is 2.20 bits per heavy atom. The predicted molar refractivity (Wildman–Crippen MR) is 62.5 cm³/mol. The van der Waals surface area contributed by atoms with Gasteiger partial charge in [-0.2, -0.15) is 0 Å². The maximum absolute atomic E-state index is 11.6. The number of nitrogens with two attached hydrogens (primary N) is 1. The van der Waals surface area contributed by atoms with Crippen molar-refractivity contribution < 1.29 is 4.79 Å². The van der Waals surface area contributed by atoms with Gasteiger partial charge in [0.2, 0.25) is 5.91 Å². The molecule has 1 aliphatic rings. The average molecular weight is 212 g/mol. The maximum atomic E-state index is 11.6. The fraction of sp³-hybridized carbons (Fsp3) is 0.917. The Morgan fingerprint density at radius 1 is 1.53 bits per heavy atom. The lowest BCUT2D eigenvalue weighted by molar-refractivity contribution is -0.124. The van der Waals surface area contributed by atoms with Gasteiger partial charge in [0.25, 0.3) is 0 Å². The number of amides is 1. The third-order valence-corrected chi connectivity index (χ3v) is 3.46. The molecule has 0 aromatic heterocycles. The van der Waals surface area contributed by atoms with Gasteiger partial charge in [-0.25, -0.2) is 0 Å². The summed E-state index contributed by atoms with van der Waals surface area (Å²) in [5, 5.41) is 3.17. The summed E-state index contributed by atoms with van der Waals surface area (Å²) in [4.78, 5) is 11.6. The van der Waals surface area contributed by atoms with Crippen molar-refractivity contribution in [2.24, 2.45) is 5.73 Å². The molecule has 1 rings (SSSR count). The molecule has 3 nitrogen and oxygen atoms in total. The zero-order valence-corrected chi connectivity index (χ0v) is 10.0. The largest absolute Gasteiger partial charge is 0.351 e. The van der Waals surface area contributed by atoms with Gasteiger partial charge < -0.3 is 11.1 Å². The van der Waals surface area contributed by atoms with Crippen LogP contribution in [0.3, 0.4) is 0 Å². The topological polar surface area (TPSA) is 55.1 Å². The Bertz CT molecular complexity index is 204. The van der Waals surface area contributed by atoms with Crippen LogP contribution in [-0.4, -0.2) is 17.5 Å². The van der Waals surface area contributed by atoms with Crippen LogP contribution in [0, 0.1) is 0 Å². The molecule has 15 heavy (non-hydrogen) atoms. The molecule has 0 aliphatic heterocycles. The molecule has 0 bridgehead atoms. The minimum Gasteiger partial charge on any atom is -0.351 e. The Morgan fingerprint density at radius 3 is 2.60 bits per heavy atom. The molecule has 88 valence electrons. The van der Waals surface area contributed by atoms with Gasteiger partial charge in [-0.1, -0.05) is 6.92 Å². The Balaban J connectivity index is 2.17. The summed E-state index contributed by atoms with van der Waals surface area (Å²) in [7, 11) is 0. The lowest BCUT2D eigenvalue weighted by Gasteiger charge is -2.42. The first kappa shape index (κ1) is 12.5. The van der Waals surface area contributed by atoms with Crippen molar-refractivity contribution in [3.8, 4) is 0 Å². The van der Waals surface area contributed by atoms with Gasteiger partial charge in [0.1, 0.15) is 0 Å². The Kier molecular flexibility index (Phi) is 4.58. The molecule has 3 N–H and O–H groups in total. The van der Waals surface area contributed by atoms with Crippen molar-refractivity contribution in [1.29, 1.82) is 0 Å². The van der Waals surface area contributed by atoms with E-state index in [4.69, 9.17) is 5.73 Å². The van der Waals surface area contributed by atoms with Crippen LogP contribution in [0.25, 0.3) is 0 Å². The van der Waals surface area contributed by atoms with Crippen LogP contribution in [0.2, 0.25) is 0 Å². The third kappa shape index (κ3) is 3.82. The molecule has 1 atom stereocenters. The van der Waals surface area contributed by atoms with Crippen molar-refractivity contribution in [3.63, 3.8) is 0 Å². The molecule has 0 aromatic rings. The fourth-order valence-corrected chi connectivity index (χ4v) is 2.11. The standard InChI is InChI=1S/C12H24N2O/c1-3-12(8-5-9-12)14-11(15)7-4-6-10(2)13/h10H,3-9,13H2,1-2H3,(H,14,15). The Labute approximate surface area is 92.8 Å². The lowest BCUT2D eigenvalue weighted by atomic mass is 9.75. The van der Waals surface area contributed by atoms with E-state index < -0.39 is 0 Å². The van der Waals surface area contributed by atoms with Gasteiger partial charge in [-0.3, -0.25) is 4.79 Å². The fourth-order valence-electron chi connectivity index (χ4n) is 2.11. The zero-order valence-electron chi connectivity index (χ0n) is 10.0. The van der Waals surface area contributed by atoms with Gasteiger partial charge in [0.15, 0.2) is 0 Å². The molecule has 1 saturated carbocycles. The van der Waals surface area contributed by atoms with Crippen LogP contribution in [0.15, 0.2) is 0 Å². The molecule has 1 unspecified atom stereocenters. The quantitative estimate of drug-likeness (QED) is 0.707. The second-order valence-electron chi connectivity index (χ2n) is 4.91. The first-order valence-corrected chi connectivity index (χ1v) is 6.14. The van der Waals surface area contributed by atoms with E-state index in [0.29, 0.717) is 6.42 Å². The molecule has 1 fully saturated rings. The summed E-state index contributed by atoms with van der Waals surface area (Å²) in [5.41, 5.74) is 5.78. The molecule has 0 heterocycles. The highest BCUT2D eigenvalue weighted by Crippen LogP contribution is 2.34. The van der Waals surface area contributed by atoms with E-state index in [1.807, 2.05) is 6.92 Å². The smallest absolute Gasteiger partial charge is 0.220 e. The molecular weight excluding hydrogens is 188 g/mol. The second kappa shape index (κ2) is 5.50. The van der Waals surface area contributed by atoms with E-state index in [2.05, 4.69) is 12.2 Å². The van der Waals surface area contributed by atoms with Gasteiger partial charge in [0, 0.05) is 18.0 Å². The van der Waals surface area contributed by atoms with E-state index in [-0.39, 0.29) is 17.5 Å². The number of hydrogen-bond donors (Lipinski definition) is 2. The SMILES string of the molecule is CCC1(NC(=O)CCCC(C)N)CCC1. The highest BCUT2D eigenvalue weighted by atomic mass is 16.1. The molecule has 0 spiro atoms. The predicted octanol–water partition coefficient (Wildman–Crippen LogP) is 1.95. The van der Waals surface area contributed by atoms with Crippen LogP contribution in [0.4, 0.5) is 0 Å². The Hall–Kier alpha value is -0.570. The van der Waals surface area contributed by atoms with Crippen molar-refractivity contribution in [3.05, 3.63) is 0 Å². The van der Waals surface area contributed by atoms with Gasteiger partial charge >= 0.3 is 0 Å². The minimum atomic E-state index is 0.144.